The van der Waals surface area contributed by atoms with E-state index < -0.39 is 23.3 Å². The van der Waals surface area contributed by atoms with E-state index in [0.717, 1.165) is 4.68 Å². The molecular weight excluding hydrogens is 313 g/mol. The number of aromatic nitrogens is 4. The average molecular weight is 327 g/mol. The van der Waals surface area contributed by atoms with Crippen LogP contribution in [0.3, 0.4) is 0 Å². The second kappa shape index (κ2) is 6.45. The maximum absolute atomic E-state index is 13.6. The van der Waals surface area contributed by atoms with Crippen molar-refractivity contribution in [3.8, 4) is 5.82 Å². The summed E-state index contributed by atoms with van der Waals surface area (Å²) in [6, 6.07) is 9.41. The molecule has 0 radical (unpaired) electrons. The number of rotatable bonds is 4. The SMILES string of the molecule is CC(C(=O)Nc1ccccc1F)n1nc(-n2cccn2)ccc1=O. The Morgan fingerprint density at radius 2 is 2.00 bits per heavy atom. The van der Waals surface area contributed by atoms with Crippen LogP contribution in [0.5, 0.6) is 0 Å². The molecule has 7 nitrogen and oxygen atoms in total. The molecule has 1 aromatic carbocycles. The number of anilines is 1. The first-order valence-corrected chi connectivity index (χ1v) is 7.21. The Kier molecular flexibility index (Phi) is 4.19. The van der Waals surface area contributed by atoms with E-state index in [1.54, 1.807) is 24.5 Å². The monoisotopic (exact) mass is 327 g/mol. The zero-order chi connectivity index (χ0) is 17.1. The van der Waals surface area contributed by atoms with Gasteiger partial charge in [0.2, 0.25) is 5.91 Å². The van der Waals surface area contributed by atoms with Gasteiger partial charge in [0, 0.05) is 18.5 Å². The second-order valence-electron chi connectivity index (χ2n) is 5.07. The first-order valence-electron chi connectivity index (χ1n) is 7.21. The minimum atomic E-state index is -0.924. The van der Waals surface area contributed by atoms with Gasteiger partial charge in [-0.2, -0.15) is 5.10 Å². The Hall–Kier alpha value is -3.29. The Bertz CT molecular complexity index is 920. The maximum atomic E-state index is 13.6. The lowest BCUT2D eigenvalue weighted by atomic mass is 10.2. The largest absolute Gasteiger partial charge is 0.322 e. The molecule has 1 unspecified atom stereocenters. The van der Waals surface area contributed by atoms with E-state index in [9.17, 15) is 14.0 Å². The molecule has 2 heterocycles. The van der Waals surface area contributed by atoms with Gasteiger partial charge >= 0.3 is 0 Å². The van der Waals surface area contributed by atoms with Crippen molar-refractivity contribution in [1.29, 1.82) is 0 Å². The van der Waals surface area contributed by atoms with E-state index >= 15 is 0 Å². The van der Waals surface area contributed by atoms with Gasteiger partial charge in [0.15, 0.2) is 5.82 Å². The number of hydrogen-bond donors (Lipinski definition) is 1. The molecule has 0 saturated carbocycles. The van der Waals surface area contributed by atoms with Crippen molar-refractivity contribution in [3.63, 3.8) is 0 Å². The molecule has 0 saturated heterocycles. The van der Waals surface area contributed by atoms with E-state index in [1.165, 1.54) is 41.9 Å². The lowest BCUT2D eigenvalue weighted by Crippen LogP contribution is -2.33. The van der Waals surface area contributed by atoms with Crippen molar-refractivity contribution in [2.45, 2.75) is 13.0 Å². The summed E-state index contributed by atoms with van der Waals surface area (Å²) in [5, 5.41) is 10.6. The third-order valence-electron chi connectivity index (χ3n) is 3.43. The summed E-state index contributed by atoms with van der Waals surface area (Å²) in [5.74, 6) is -0.707. The lowest BCUT2D eigenvalue weighted by Gasteiger charge is -2.15. The van der Waals surface area contributed by atoms with Crippen molar-refractivity contribution >= 4 is 11.6 Å². The maximum Gasteiger partial charge on any atom is 0.267 e. The number of benzene rings is 1. The highest BCUT2D eigenvalue weighted by atomic mass is 19.1. The van der Waals surface area contributed by atoms with E-state index in [0.29, 0.717) is 5.82 Å². The Balaban J connectivity index is 1.88. The molecule has 3 aromatic rings. The molecule has 1 N–H and O–H groups in total. The van der Waals surface area contributed by atoms with Crippen LogP contribution in [0.2, 0.25) is 0 Å². The standard InChI is InChI=1S/C16H14FN5O2/c1-11(16(24)19-13-6-3-2-5-12(13)17)22-15(23)8-7-14(20-22)21-10-4-9-18-21/h2-11H,1H3,(H,19,24). The van der Waals surface area contributed by atoms with Gasteiger partial charge < -0.3 is 5.32 Å². The molecule has 1 atom stereocenters. The predicted molar refractivity (Wildman–Crippen MR) is 85.4 cm³/mol. The predicted octanol–water partition coefficient (Wildman–Crippen LogP) is 1.77. The van der Waals surface area contributed by atoms with E-state index in [-0.39, 0.29) is 5.69 Å². The fraction of sp³-hybridized carbons (Fsp3) is 0.125. The molecule has 3 rings (SSSR count). The number of hydrogen-bond acceptors (Lipinski definition) is 4. The number of nitrogens with zero attached hydrogens (tertiary/aromatic N) is 4. The average Bonchev–Trinajstić information content (AvgIpc) is 3.11. The highest BCUT2D eigenvalue weighted by molar-refractivity contribution is 5.93. The number of para-hydroxylation sites is 1. The molecule has 0 aliphatic rings. The quantitative estimate of drug-likeness (QED) is 0.792. The Morgan fingerprint density at radius 3 is 2.71 bits per heavy atom. The number of nitrogens with one attached hydrogen (secondary N) is 1. The van der Waals surface area contributed by atoms with Crippen LogP contribution >= 0.6 is 0 Å². The first kappa shape index (κ1) is 15.6. The molecule has 1 amide bonds. The molecule has 0 fully saturated rings. The van der Waals surface area contributed by atoms with Crippen LogP contribution < -0.4 is 10.9 Å². The normalized spacial score (nSPS) is 11.9. The molecule has 8 heteroatoms. The summed E-state index contributed by atoms with van der Waals surface area (Å²) in [7, 11) is 0. The summed E-state index contributed by atoms with van der Waals surface area (Å²) in [5.41, 5.74) is -0.396. The van der Waals surface area contributed by atoms with Gasteiger partial charge in [0.05, 0.1) is 5.69 Å². The molecule has 0 aliphatic carbocycles. The summed E-state index contributed by atoms with van der Waals surface area (Å²) < 4.78 is 16.1. The highest BCUT2D eigenvalue weighted by Crippen LogP contribution is 2.14. The Morgan fingerprint density at radius 1 is 1.21 bits per heavy atom. The minimum Gasteiger partial charge on any atom is -0.322 e. The fourth-order valence-electron chi connectivity index (χ4n) is 2.13. The molecular formula is C16H14FN5O2. The topological polar surface area (TPSA) is 81.8 Å². The van der Waals surface area contributed by atoms with E-state index in [4.69, 9.17) is 0 Å². The number of carbonyl (C=O) groups excluding carboxylic acids is 1. The van der Waals surface area contributed by atoms with Crippen molar-refractivity contribution in [1.82, 2.24) is 19.6 Å². The number of amides is 1. The van der Waals surface area contributed by atoms with Crippen molar-refractivity contribution in [2.75, 3.05) is 5.32 Å². The summed E-state index contributed by atoms with van der Waals surface area (Å²) in [4.78, 5) is 24.3. The molecule has 24 heavy (non-hydrogen) atoms. The third-order valence-corrected chi connectivity index (χ3v) is 3.43. The van der Waals surface area contributed by atoms with Gasteiger partial charge in [-0.05, 0) is 31.2 Å². The van der Waals surface area contributed by atoms with Gasteiger partial charge in [-0.15, -0.1) is 5.10 Å². The molecule has 0 bridgehead atoms. The Labute approximate surface area is 136 Å². The summed E-state index contributed by atoms with van der Waals surface area (Å²) in [6.45, 7) is 1.51. The highest BCUT2D eigenvalue weighted by Gasteiger charge is 2.19. The molecule has 2 aromatic heterocycles. The van der Waals surface area contributed by atoms with Crippen molar-refractivity contribution in [3.05, 3.63) is 71.0 Å². The molecule has 122 valence electrons. The van der Waals surface area contributed by atoms with Gasteiger partial charge in [-0.1, -0.05) is 12.1 Å². The number of carbonyl (C=O) groups is 1. The van der Waals surface area contributed by atoms with Gasteiger partial charge in [0.1, 0.15) is 11.9 Å². The van der Waals surface area contributed by atoms with Crippen LogP contribution in [0.25, 0.3) is 5.82 Å². The fourth-order valence-corrected chi connectivity index (χ4v) is 2.13. The van der Waals surface area contributed by atoms with Crippen LogP contribution in [0, 0.1) is 5.82 Å². The summed E-state index contributed by atoms with van der Waals surface area (Å²) >= 11 is 0. The second-order valence-corrected chi connectivity index (χ2v) is 5.07. The lowest BCUT2D eigenvalue weighted by molar-refractivity contribution is -0.119. The van der Waals surface area contributed by atoms with Crippen LogP contribution in [0.1, 0.15) is 13.0 Å². The van der Waals surface area contributed by atoms with Crippen LogP contribution in [0.4, 0.5) is 10.1 Å². The zero-order valence-corrected chi connectivity index (χ0v) is 12.8. The molecule has 0 aliphatic heterocycles. The van der Waals surface area contributed by atoms with Gasteiger partial charge in [0.25, 0.3) is 5.56 Å². The van der Waals surface area contributed by atoms with Crippen LogP contribution in [-0.4, -0.2) is 25.5 Å². The van der Waals surface area contributed by atoms with Crippen molar-refractivity contribution in [2.24, 2.45) is 0 Å². The van der Waals surface area contributed by atoms with Crippen LogP contribution in [-0.2, 0) is 4.79 Å². The minimum absolute atomic E-state index is 0.0469. The molecule has 0 spiro atoms. The van der Waals surface area contributed by atoms with Crippen LogP contribution in [0.15, 0.2) is 59.7 Å². The third kappa shape index (κ3) is 3.07. The zero-order valence-electron chi connectivity index (χ0n) is 12.8. The van der Waals surface area contributed by atoms with E-state index in [2.05, 4.69) is 15.5 Å². The van der Waals surface area contributed by atoms with Crippen molar-refractivity contribution < 1.29 is 9.18 Å². The first-order chi connectivity index (χ1) is 11.6. The summed E-state index contributed by atoms with van der Waals surface area (Å²) in [6.07, 6.45) is 3.24. The smallest absolute Gasteiger partial charge is 0.267 e. The van der Waals surface area contributed by atoms with E-state index in [1.807, 2.05) is 0 Å². The number of halogens is 1. The van der Waals surface area contributed by atoms with Gasteiger partial charge in [-0.3, -0.25) is 9.59 Å². The van der Waals surface area contributed by atoms with Gasteiger partial charge in [-0.25, -0.2) is 13.8 Å².